The van der Waals surface area contributed by atoms with Crippen LogP contribution in [0.4, 0.5) is 17.1 Å². The molecule has 0 N–H and O–H groups in total. The molecule has 0 bridgehead atoms. The molecule has 0 saturated heterocycles. The largest absolute Gasteiger partial charge is 0.309 e. The summed E-state index contributed by atoms with van der Waals surface area (Å²) in [5.41, 5.74) is 16.1. The van der Waals surface area contributed by atoms with Crippen LogP contribution in [0.2, 0.25) is 0 Å². The van der Waals surface area contributed by atoms with Gasteiger partial charge in [-0.05, 0) is 75.0 Å². The highest BCUT2D eigenvalue weighted by atomic mass is 15.2. The van der Waals surface area contributed by atoms with Crippen molar-refractivity contribution in [1.29, 1.82) is 0 Å². The third-order valence-electron chi connectivity index (χ3n) is 11.8. The quantitative estimate of drug-likeness (QED) is 0.150. The Hall–Kier alpha value is -7.94. The van der Waals surface area contributed by atoms with Gasteiger partial charge in [-0.15, -0.1) is 0 Å². The highest BCUT2D eigenvalue weighted by molar-refractivity contribution is 6.12. The molecule has 0 aliphatic rings. The van der Waals surface area contributed by atoms with E-state index in [1.807, 2.05) is 0 Å². The molecular weight excluding hydrogens is 725 g/mol. The fourth-order valence-electron chi connectivity index (χ4n) is 9.14. The highest BCUT2D eigenvalue weighted by Crippen LogP contribution is 2.50. The number of fused-ring (bicyclic) bond motifs is 4. The second kappa shape index (κ2) is 15.1. The Kier molecular flexibility index (Phi) is 8.87. The minimum Gasteiger partial charge on any atom is -0.309 e. The highest BCUT2D eigenvalue weighted by Gasteiger charge is 2.25. The van der Waals surface area contributed by atoms with Crippen LogP contribution in [0, 0.1) is 0 Å². The van der Waals surface area contributed by atoms with Crippen molar-refractivity contribution in [2.75, 3.05) is 4.90 Å². The van der Waals surface area contributed by atoms with Gasteiger partial charge in [0.15, 0.2) is 0 Å². The molecule has 60 heavy (non-hydrogen) atoms. The van der Waals surface area contributed by atoms with Crippen LogP contribution in [0.1, 0.15) is 0 Å². The Labute approximate surface area is 350 Å². The lowest BCUT2D eigenvalue weighted by Gasteiger charge is -2.32. The number of nitrogens with zero attached hydrogens (tertiary/aromatic N) is 2. The van der Waals surface area contributed by atoms with E-state index in [0.717, 1.165) is 33.8 Å². The molecule has 0 spiro atoms. The maximum Gasteiger partial charge on any atom is 0.0562 e. The van der Waals surface area contributed by atoms with Gasteiger partial charge < -0.3 is 9.47 Å². The molecule has 0 radical (unpaired) electrons. The zero-order valence-electron chi connectivity index (χ0n) is 33.0. The zero-order valence-corrected chi connectivity index (χ0v) is 33.0. The summed E-state index contributed by atoms with van der Waals surface area (Å²) in [4.78, 5) is 2.51. The van der Waals surface area contributed by atoms with Crippen molar-refractivity contribution in [3.8, 4) is 50.2 Å². The molecule has 11 aromatic rings. The van der Waals surface area contributed by atoms with E-state index in [1.54, 1.807) is 0 Å². The van der Waals surface area contributed by atoms with Crippen molar-refractivity contribution < 1.29 is 0 Å². The summed E-state index contributed by atoms with van der Waals surface area (Å²) in [7, 11) is 0. The van der Waals surface area contributed by atoms with Gasteiger partial charge in [-0.1, -0.05) is 206 Å². The molecule has 1 heterocycles. The molecule has 10 aromatic carbocycles. The van der Waals surface area contributed by atoms with E-state index in [2.05, 4.69) is 252 Å². The molecule has 0 fully saturated rings. The van der Waals surface area contributed by atoms with Crippen LogP contribution < -0.4 is 4.90 Å². The van der Waals surface area contributed by atoms with Crippen LogP contribution in [0.25, 0.3) is 82.8 Å². The summed E-state index contributed by atoms with van der Waals surface area (Å²) >= 11 is 0. The first-order valence-corrected chi connectivity index (χ1v) is 20.6. The molecule has 11 rings (SSSR count). The Morgan fingerprint density at radius 3 is 1.53 bits per heavy atom. The lowest BCUT2D eigenvalue weighted by Crippen LogP contribution is -2.13. The molecule has 1 aromatic heterocycles. The Bertz CT molecular complexity index is 3300. The maximum atomic E-state index is 2.51. The third-order valence-corrected chi connectivity index (χ3v) is 11.8. The smallest absolute Gasteiger partial charge is 0.0562 e. The van der Waals surface area contributed by atoms with Crippen LogP contribution in [-0.2, 0) is 0 Å². The number of benzene rings is 10. The van der Waals surface area contributed by atoms with E-state index in [9.17, 15) is 0 Å². The number of para-hydroxylation sites is 2. The van der Waals surface area contributed by atoms with Crippen molar-refractivity contribution in [2.45, 2.75) is 0 Å². The van der Waals surface area contributed by atoms with Gasteiger partial charge >= 0.3 is 0 Å². The minimum absolute atomic E-state index is 1.07. The number of anilines is 3. The summed E-state index contributed by atoms with van der Waals surface area (Å²) in [6.45, 7) is 0. The van der Waals surface area contributed by atoms with E-state index < -0.39 is 0 Å². The normalized spacial score (nSPS) is 11.3. The van der Waals surface area contributed by atoms with Crippen molar-refractivity contribution in [2.24, 2.45) is 0 Å². The number of rotatable bonds is 8. The third kappa shape index (κ3) is 6.06. The first kappa shape index (κ1) is 35.2. The summed E-state index contributed by atoms with van der Waals surface area (Å²) in [5, 5.41) is 4.84. The van der Waals surface area contributed by atoms with E-state index in [0.29, 0.717) is 0 Å². The van der Waals surface area contributed by atoms with E-state index in [4.69, 9.17) is 0 Å². The molecule has 0 saturated carbocycles. The van der Waals surface area contributed by atoms with Gasteiger partial charge in [-0.2, -0.15) is 0 Å². The van der Waals surface area contributed by atoms with Gasteiger partial charge in [0.05, 0.1) is 28.1 Å². The molecular formula is C58H40N2. The predicted molar refractivity (Wildman–Crippen MR) is 255 cm³/mol. The summed E-state index contributed by atoms with van der Waals surface area (Å²) < 4.78 is 2.46. The fourth-order valence-corrected chi connectivity index (χ4v) is 9.14. The van der Waals surface area contributed by atoms with Crippen LogP contribution in [0.3, 0.4) is 0 Å². The molecule has 282 valence electrons. The van der Waals surface area contributed by atoms with Crippen LogP contribution in [0.15, 0.2) is 243 Å². The molecule has 0 aliphatic carbocycles. The first-order valence-electron chi connectivity index (χ1n) is 20.6. The Balaban J connectivity index is 1.26. The maximum absolute atomic E-state index is 2.51. The monoisotopic (exact) mass is 764 g/mol. The molecule has 0 aliphatic heterocycles. The second-order valence-electron chi connectivity index (χ2n) is 15.3. The van der Waals surface area contributed by atoms with Crippen molar-refractivity contribution in [1.82, 2.24) is 4.57 Å². The molecule has 0 amide bonds. The average Bonchev–Trinajstić information content (AvgIpc) is 3.66. The first-order chi connectivity index (χ1) is 29.8. The van der Waals surface area contributed by atoms with Gasteiger partial charge in [-0.25, -0.2) is 0 Å². The number of hydrogen-bond acceptors (Lipinski definition) is 1. The van der Waals surface area contributed by atoms with Crippen molar-refractivity contribution in [3.05, 3.63) is 243 Å². The Morgan fingerprint density at radius 1 is 0.300 bits per heavy atom. The van der Waals surface area contributed by atoms with E-state index in [-0.39, 0.29) is 0 Å². The topological polar surface area (TPSA) is 8.17 Å². The molecule has 2 nitrogen and oxygen atoms in total. The average molecular weight is 765 g/mol. The van der Waals surface area contributed by atoms with Crippen LogP contribution in [-0.4, -0.2) is 4.57 Å². The van der Waals surface area contributed by atoms with Gasteiger partial charge in [0.25, 0.3) is 0 Å². The summed E-state index contributed by atoms with van der Waals surface area (Å²) in [5.74, 6) is 0. The zero-order chi connectivity index (χ0) is 39.8. The van der Waals surface area contributed by atoms with Crippen molar-refractivity contribution >= 4 is 49.6 Å². The van der Waals surface area contributed by atoms with Gasteiger partial charge in [-0.3, -0.25) is 0 Å². The number of hydrogen-bond donors (Lipinski definition) is 0. The van der Waals surface area contributed by atoms with E-state index >= 15 is 0 Å². The second-order valence-corrected chi connectivity index (χ2v) is 15.3. The standard InChI is InChI=1S/C58H40N2/c1-5-20-41(21-6-1)47-29-15-17-33-52(47)60-53-34-18-16-31-50(53)51-38-37-46(40-56(51)60)59(55-39-36-43-24-13-14-30-48(43)58(55)45-27-11-4-12-28-45)54-35-19-32-49(42-22-7-2-8-23-42)57(54)44-25-9-3-10-26-44/h1-40H. The SMILES string of the molecule is c1ccc(-c2ccccc2-n2c3ccccc3c3ccc(N(c4cccc(-c5ccccc5)c4-c4ccccc4)c4ccc5ccccc5c4-c4ccccc4)cc32)cc1. The van der Waals surface area contributed by atoms with Crippen LogP contribution >= 0.6 is 0 Å². The van der Waals surface area contributed by atoms with Gasteiger partial charge in [0.1, 0.15) is 0 Å². The van der Waals surface area contributed by atoms with Crippen molar-refractivity contribution in [3.63, 3.8) is 0 Å². The Morgan fingerprint density at radius 2 is 0.817 bits per heavy atom. The lowest BCUT2D eigenvalue weighted by molar-refractivity contribution is 1.18. The molecule has 0 unspecified atom stereocenters. The summed E-state index contributed by atoms with van der Waals surface area (Å²) in [6.07, 6.45) is 0. The lowest BCUT2D eigenvalue weighted by atomic mass is 9.91. The van der Waals surface area contributed by atoms with Gasteiger partial charge in [0.2, 0.25) is 0 Å². The van der Waals surface area contributed by atoms with E-state index in [1.165, 1.54) is 66.0 Å². The molecule has 0 atom stereocenters. The fraction of sp³-hybridized carbons (Fsp3) is 0. The predicted octanol–water partition coefficient (Wildman–Crippen LogP) is 16.1. The van der Waals surface area contributed by atoms with Crippen LogP contribution in [0.5, 0.6) is 0 Å². The molecule has 2 heteroatoms. The van der Waals surface area contributed by atoms with Gasteiger partial charge in [0, 0.05) is 33.2 Å². The minimum atomic E-state index is 1.07. The number of aromatic nitrogens is 1. The summed E-state index contributed by atoms with van der Waals surface area (Å²) in [6, 6.07) is 88.0.